The molecule has 0 spiro atoms. The van der Waals surface area contributed by atoms with Gasteiger partial charge in [0.05, 0.1) is 13.2 Å². The summed E-state index contributed by atoms with van der Waals surface area (Å²) in [5, 5.41) is 0. The van der Waals surface area contributed by atoms with E-state index in [1.165, 1.54) is 0 Å². The van der Waals surface area contributed by atoms with Gasteiger partial charge in [0.15, 0.2) is 0 Å². The van der Waals surface area contributed by atoms with Crippen molar-refractivity contribution in [2.45, 2.75) is 32.7 Å². The van der Waals surface area contributed by atoms with Gasteiger partial charge in [-0.2, -0.15) is 0 Å². The molecule has 0 saturated heterocycles. The number of nitrogens with zero attached hydrogens (tertiary/aromatic N) is 1. The fraction of sp³-hybridized carbons (Fsp3) is 0.500. The van der Waals surface area contributed by atoms with Crippen LogP contribution in [0.4, 0.5) is 0 Å². The molecule has 1 aromatic carbocycles. The van der Waals surface area contributed by atoms with Gasteiger partial charge in [0.1, 0.15) is 12.3 Å². The highest BCUT2D eigenvalue weighted by atomic mass is 16.5. The first-order valence-electron chi connectivity index (χ1n) is 7.35. The van der Waals surface area contributed by atoms with Crippen LogP contribution in [0.15, 0.2) is 24.3 Å². The Hall–Kier alpha value is -2.04. The Bertz CT molecular complexity index is 494. The molecular formula is C16H21NO4. The van der Waals surface area contributed by atoms with Crippen molar-refractivity contribution >= 4 is 11.9 Å². The van der Waals surface area contributed by atoms with Crippen LogP contribution in [0.2, 0.25) is 0 Å². The average molecular weight is 291 g/mol. The van der Waals surface area contributed by atoms with Crippen molar-refractivity contribution in [2.24, 2.45) is 0 Å². The molecule has 0 N–H and O–H groups in total. The third-order valence-corrected chi connectivity index (χ3v) is 3.27. The summed E-state index contributed by atoms with van der Waals surface area (Å²) in [4.78, 5) is 25.7. The highest BCUT2D eigenvalue weighted by molar-refractivity contribution is 5.96. The number of carbonyl (C=O) groups is 2. The minimum Gasteiger partial charge on any atom is -0.494 e. The molecule has 1 aliphatic carbocycles. The van der Waals surface area contributed by atoms with Gasteiger partial charge in [-0.1, -0.05) is 0 Å². The summed E-state index contributed by atoms with van der Waals surface area (Å²) >= 11 is 0. The monoisotopic (exact) mass is 291 g/mol. The second-order valence-corrected chi connectivity index (χ2v) is 4.93. The number of amides is 1. The van der Waals surface area contributed by atoms with Crippen molar-refractivity contribution in [3.05, 3.63) is 29.8 Å². The largest absolute Gasteiger partial charge is 0.494 e. The van der Waals surface area contributed by atoms with Crippen LogP contribution in [0.3, 0.4) is 0 Å². The summed E-state index contributed by atoms with van der Waals surface area (Å²) in [5.41, 5.74) is 0.564. The highest BCUT2D eigenvalue weighted by Crippen LogP contribution is 2.28. The average Bonchev–Trinajstić information content (AvgIpc) is 3.30. The minimum atomic E-state index is -0.358. The number of ether oxygens (including phenoxy) is 2. The molecule has 0 bridgehead atoms. The maximum absolute atomic E-state index is 12.5. The molecule has 5 heteroatoms. The Morgan fingerprint density at radius 3 is 2.33 bits per heavy atom. The summed E-state index contributed by atoms with van der Waals surface area (Å²) in [6.45, 7) is 4.60. The number of rotatable bonds is 7. The Balaban J connectivity index is 2.05. The molecule has 21 heavy (non-hydrogen) atoms. The molecule has 1 fully saturated rings. The van der Waals surface area contributed by atoms with E-state index in [0.29, 0.717) is 18.8 Å². The molecule has 1 aromatic rings. The molecule has 0 aromatic heterocycles. The van der Waals surface area contributed by atoms with E-state index < -0.39 is 0 Å². The van der Waals surface area contributed by atoms with Gasteiger partial charge in [0.25, 0.3) is 5.91 Å². The molecule has 0 unspecified atom stereocenters. The zero-order chi connectivity index (χ0) is 15.2. The lowest BCUT2D eigenvalue weighted by molar-refractivity contribution is -0.144. The summed E-state index contributed by atoms with van der Waals surface area (Å²) in [6.07, 6.45) is 1.89. The summed E-state index contributed by atoms with van der Waals surface area (Å²) < 4.78 is 10.3. The third-order valence-electron chi connectivity index (χ3n) is 3.27. The number of esters is 1. The maximum Gasteiger partial charge on any atom is 0.325 e. The first kappa shape index (κ1) is 15.4. The van der Waals surface area contributed by atoms with Crippen LogP contribution < -0.4 is 4.74 Å². The van der Waals surface area contributed by atoms with Crippen LogP contribution in [0.25, 0.3) is 0 Å². The lowest BCUT2D eigenvalue weighted by Crippen LogP contribution is -2.38. The minimum absolute atomic E-state index is 0.0184. The van der Waals surface area contributed by atoms with Gasteiger partial charge in [0.2, 0.25) is 0 Å². The van der Waals surface area contributed by atoms with E-state index >= 15 is 0 Å². The van der Waals surface area contributed by atoms with Gasteiger partial charge in [-0.3, -0.25) is 9.59 Å². The van der Waals surface area contributed by atoms with E-state index in [1.807, 2.05) is 6.92 Å². The molecule has 0 atom stereocenters. The van der Waals surface area contributed by atoms with Gasteiger partial charge in [-0.15, -0.1) is 0 Å². The quantitative estimate of drug-likeness (QED) is 0.723. The third kappa shape index (κ3) is 4.21. The van der Waals surface area contributed by atoms with E-state index in [-0.39, 0.29) is 24.5 Å². The van der Waals surface area contributed by atoms with Crippen LogP contribution in [-0.2, 0) is 9.53 Å². The Kier molecular flexibility index (Phi) is 5.20. The van der Waals surface area contributed by atoms with Crippen LogP contribution in [0.5, 0.6) is 5.75 Å². The van der Waals surface area contributed by atoms with Gasteiger partial charge in [0, 0.05) is 11.6 Å². The van der Waals surface area contributed by atoms with E-state index in [4.69, 9.17) is 9.47 Å². The van der Waals surface area contributed by atoms with E-state index in [0.717, 1.165) is 18.6 Å². The number of carbonyl (C=O) groups excluding carboxylic acids is 2. The Morgan fingerprint density at radius 2 is 1.81 bits per heavy atom. The molecule has 1 saturated carbocycles. The van der Waals surface area contributed by atoms with Crippen molar-refractivity contribution in [3.63, 3.8) is 0 Å². The second-order valence-electron chi connectivity index (χ2n) is 4.93. The molecule has 2 rings (SSSR count). The summed E-state index contributed by atoms with van der Waals surface area (Å²) in [7, 11) is 0. The van der Waals surface area contributed by atoms with Gasteiger partial charge in [-0.05, 0) is 51.0 Å². The molecule has 0 heterocycles. The first-order chi connectivity index (χ1) is 10.2. The highest BCUT2D eigenvalue weighted by Gasteiger charge is 2.34. The first-order valence-corrected chi connectivity index (χ1v) is 7.35. The van der Waals surface area contributed by atoms with Crippen molar-refractivity contribution in [1.29, 1.82) is 0 Å². The normalized spacial score (nSPS) is 13.6. The second kappa shape index (κ2) is 7.11. The van der Waals surface area contributed by atoms with Crippen LogP contribution in [0.1, 0.15) is 37.0 Å². The van der Waals surface area contributed by atoms with Crippen molar-refractivity contribution in [1.82, 2.24) is 4.90 Å². The molecule has 5 nitrogen and oxygen atoms in total. The van der Waals surface area contributed by atoms with Crippen LogP contribution in [0, 0.1) is 0 Å². The zero-order valence-electron chi connectivity index (χ0n) is 12.5. The molecule has 1 amide bonds. The zero-order valence-corrected chi connectivity index (χ0v) is 12.5. The molecule has 0 radical (unpaired) electrons. The fourth-order valence-corrected chi connectivity index (χ4v) is 2.12. The topological polar surface area (TPSA) is 55.8 Å². The van der Waals surface area contributed by atoms with E-state index in [1.54, 1.807) is 36.1 Å². The molecule has 0 aliphatic heterocycles. The van der Waals surface area contributed by atoms with Crippen molar-refractivity contribution < 1.29 is 19.1 Å². The van der Waals surface area contributed by atoms with Crippen LogP contribution in [-0.4, -0.2) is 42.6 Å². The van der Waals surface area contributed by atoms with E-state index in [9.17, 15) is 9.59 Å². The summed E-state index contributed by atoms with van der Waals surface area (Å²) in [6, 6.07) is 7.16. The van der Waals surface area contributed by atoms with Crippen molar-refractivity contribution in [3.8, 4) is 5.75 Å². The molecular weight excluding hydrogens is 270 g/mol. The number of benzene rings is 1. The smallest absolute Gasteiger partial charge is 0.325 e. The Labute approximate surface area is 124 Å². The molecule has 1 aliphatic rings. The SMILES string of the molecule is CCOC(=O)CN(C(=O)c1ccc(OCC)cc1)C1CC1. The molecule has 114 valence electrons. The maximum atomic E-state index is 12.5. The van der Waals surface area contributed by atoms with Crippen LogP contribution >= 0.6 is 0 Å². The lowest BCUT2D eigenvalue weighted by atomic mass is 10.2. The number of hydrogen-bond acceptors (Lipinski definition) is 4. The fourth-order valence-electron chi connectivity index (χ4n) is 2.12. The van der Waals surface area contributed by atoms with Crippen molar-refractivity contribution in [2.75, 3.05) is 19.8 Å². The van der Waals surface area contributed by atoms with Gasteiger partial charge in [-0.25, -0.2) is 0 Å². The predicted molar refractivity (Wildman–Crippen MR) is 78.3 cm³/mol. The summed E-state index contributed by atoms with van der Waals surface area (Å²) in [5.74, 6) is 0.245. The predicted octanol–water partition coefficient (Wildman–Crippen LogP) is 2.25. The lowest BCUT2D eigenvalue weighted by Gasteiger charge is -2.21. The van der Waals surface area contributed by atoms with Gasteiger partial charge >= 0.3 is 5.97 Å². The standard InChI is InChI=1S/C16H21NO4/c1-3-20-14-9-5-12(6-10-14)16(19)17(13-7-8-13)11-15(18)21-4-2/h5-6,9-10,13H,3-4,7-8,11H2,1-2H3. The van der Waals surface area contributed by atoms with Gasteiger partial charge < -0.3 is 14.4 Å². The van der Waals surface area contributed by atoms with E-state index in [2.05, 4.69) is 0 Å². The Morgan fingerprint density at radius 1 is 1.14 bits per heavy atom. The number of hydrogen-bond donors (Lipinski definition) is 0.